The van der Waals surface area contributed by atoms with E-state index in [9.17, 15) is 14.4 Å². The van der Waals surface area contributed by atoms with Crippen molar-refractivity contribution in [2.45, 2.75) is 20.3 Å². The van der Waals surface area contributed by atoms with Gasteiger partial charge in [0.2, 0.25) is 0 Å². The number of benzene rings is 3. The van der Waals surface area contributed by atoms with Crippen LogP contribution in [0.3, 0.4) is 0 Å². The molecule has 34 heavy (non-hydrogen) atoms. The first-order valence-electron chi connectivity index (χ1n) is 10.7. The summed E-state index contributed by atoms with van der Waals surface area (Å²) in [5.74, 6) is -0.783. The quantitative estimate of drug-likeness (QED) is 0.406. The average Bonchev–Trinajstić information content (AvgIpc) is 2.81. The Hall–Kier alpha value is -3.90. The van der Waals surface area contributed by atoms with E-state index >= 15 is 0 Å². The predicted octanol–water partition coefficient (Wildman–Crippen LogP) is 5.22. The molecule has 0 aliphatic carbocycles. The van der Waals surface area contributed by atoms with Crippen LogP contribution >= 0.6 is 11.6 Å². The van der Waals surface area contributed by atoms with Crippen LogP contribution < -0.4 is 15.0 Å². The number of carbonyl (C=O) groups is 3. The molecule has 1 saturated heterocycles. The molecule has 4 rings (SSSR count). The summed E-state index contributed by atoms with van der Waals surface area (Å²) >= 11 is 6.36. The molecule has 0 saturated carbocycles. The van der Waals surface area contributed by atoms with Crippen LogP contribution in [-0.2, 0) is 16.0 Å². The summed E-state index contributed by atoms with van der Waals surface area (Å²) in [5.41, 5.74) is 4.37. The molecule has 7 heteroatoms. The highest BCUT2D eigenvalue weighted by Gasteiger charge is 2.37. The van der Waals surface area contributed by atoms with Gasteiger partial charge in [-0.3, -0.25) is 14.9 Å². The lowest BCUT2D eigenvalue weighted by Crippen LogP contribution is -2.54. The maximum Gasteiger partial charge on any atom is 0.335 e. The molecular formula is C27H23ClN2O4. The van der Waals surface area contributed by atoms with Crippen LogP contribution in [0, 0.1) is 13.8 Å². The highest BCUT2D eigenvalue weighted by Crippen LogP contribution is 2.29. The van der Waals surface area contributed by atoms with E-state index in [4.69, 9.17) is 16.3 Å². The Morgan fingerprint density at radius 1 is 0.971 bits per heavy atom. The van der Waals surface area contributed by atoms with Gasteiger partial charge in [-0.2, -0.15) is 0 Å². The standard InChI is InChI=1S/C27H23ClN2O4/c1-16-7-6-10-24(17(16)2)30-26(32)22(25(31)29-27(30)33)15-18-11-12-21(34-3)14-20(18)13-19-8-4-5-9-23(19)28/h4-12,14-15H,13H2,1-3H3,(H,29,31,33)/b22-15+. The molecule has 0 atom stereocenters. The van der Waals surface area contributed by atoms with Crippen molar-refractivity contribution in [2.24, 2.45) is 0 Å². The molecule has 0 unspecified atom stereocenters. The SMILES string of the molecule is COc1ccc(/C=C2\C(=O)NC(=O)N(c3cccc(C)c3C)C2=O)c(Cc2ccccc2Cl)c1. The van der Waals surface area contributed by atoms with E-state index in [0.717, 1.165) is 27.2 Å². The first-order valence-corrected chi connectivity index (χ1v) is 11.1. The van der Waals surface area contributed by atoms with Crippen LogP contribution in [0.5, 0.6) is 5.75 Å². The average molecular weight is 475 g/mol. The maximum atomic E-state index is 13.4. The number of rotatable bonds is 5. The number of nitrogens with one attached hydrogen (secondary N) is 1. The minimum absolute atomic E-state index is 0.133. The number of ether oxygens (including phenoxy) is 1. The second-order valence-electron chi connectivity index (χ2n) is 8.01. The topological polar surface area (TPSA) is 75.7 Å². The van der Waals surface area contributed by atoms with Crippen molar-refractivity contribution in [3.63, 3.8) is 0 Å². The van der Waals surface area contributed by atoms with Crippen LogP contribution in [0.4, 0.5) is 10.5 Å². The van der Waals surface area contributed by atoms with Gasteiger partial charge in [0.15, 0.2) is 0 Å². The Morgan fingerprint density at radius 3 is 2.47 bits per heavy atom. The highest BCUT2D eigenvalue weighted by molar-refractivity contribution is 6.39. The van der Waals surface area contributed by atoms with Gasteiger partial charge in [0, 0.05) is 5.02 Å². The smallest absolute Gasteiger partial charge is 0.335 e. The molecule has 172 valence electrons. The number of urea groups is 1. The lowest BCUT2D eigenvalue weighted by Gasteiger charge is -2.28. The summed E-state index contributed by atoms with van der Waals surface area (Å²) in [6.07, 6.45) is 1.97. The van der Waals surface area contributed by atoms with Crippen molar-refractivity contribution < 1.29 is 19.1 Å². The van der Waals surface area contributed by atoms with Crippen LogP contribution in [-0.4, -0.2) is 25.0 Å². The fourth-order valence-corrected chi connectivity index (χ4v) is 4.06. The van der Waals surface area contributed by atoms with Crippen LogP contribution in [0.1, 0.15) is 27.8 Å². The Bertz CT molecular complexity index is 1350. The normalized spacial score (nSPS) is 15.0. The van der Waals surface area contributed by atoms with E-state index in [1.807, 2.05) is 44.2 Å². The number of barbiturate groups is 1. The lowest BCUT2D eigenvalue weighted by atomic mass is 9.96. The minimum Gasteiger partial charge on any atom is -0.497 e. The summed E-state index contributed by atoms with van der Waals surface area (Å²) in [6.45, 7) is 3.72. The van der Waals surface area contributed by atoms with Crippen LogP contribution in [0.25, 0.3) is 6.08 Å². The summed E-state index contributed by atoms with van der Waals surface area (Å²) in [6, 6.07) is 17.4. The molecule has 3 aromatic carbocycles. The maximum absolute atomic E-state index is 13.4. The molecule has 1 aliphatic rings. The number of nitrogens with zero attached hydrogens (tertiary/aromatic N) is 1. The third kappa shape index (κ3) is 4.45. The number of aryl methyl sites for hydroxylation is 1. The van der Waals surface area contributed by atoms with Gasteiger partial charge in [-0.05, 0) is 78.4 Å². The largest absolute Gasteiger partial charge is 0.497 e. The predicted molar refractivity (Wildman–Crippen MR) is 132 cm³/mol. The fourth-order valence-electron chi connectivity index (χ4n) is 3.86. The first-order chi connectivity index (χ1) is 16.3. The molecular weight excluding hydrogens is 452 g/mol. The Labute approximate surface area is 202 Å². The lowest BCUT2D eigenvalue weighted by molar-refractivity contribution is -0.122. The van der Waals surface area contributed by atoms with Crippen molar-refractivity contribution in [1.82, 2.24) is 5.32 Å². The van der Waals surface area contributed by atoms with E-state index in [1.54, 1.807) is 37.4 Å². The monoisotopic (exact) mass is 474 g/mol. The van der Waals surface area contributed by atoms with E-state index in [0.29, 0.717) is 28.4 Å². The molecule has 1 heterocycles. The van der Waals surface area contributed by atoms with E-state index in [-0.39, 0.29) is 5.57 Å². The van der Waals surface area contributed by atoms with Crippen LogP contribution in [0.2, 0.25) is 5.02 Å². The molecule has 1 fully saturated rings. The summed E-state index contributed by atoms with van der Waals surface area (Å²) < 4.78 is 5.37. The second kappa shape index (κ2) is 9.53. The molecule has 3 aromatic rings. The molecule has 0 aromatic heterocycles. The van der Waals surface area contributed by atoms with Gasteiger partial charge in [0.05, 0.1) is 12.8 Å². The van der Waals surface area contributed by atoms with Gasteiger partial charge in [0.25, 0.3) is 11.8 Å². The fraction of sp³-hybridized carbons (Fsp3) is 0.148. The summed E-state index contributed by atoms with van der Waals surface area (Å²) in [5, 5.41) is 2.90. The van der Waals surface area contributed by atoms with Gasteiger partial charge >= 0.3 is 6.03 Å². The van der Waals surface area contributed by atoms with Crippen molar-refractivity contribution in [3.05, 3.63) is 99.1 Å². The van der Waals surface area contributed by atoms with Gasteiger partial charge < -0.3 is 4.74 Å². The van der Waals surface area contributed by atoms with Crippen LogP contribution in [0.15, 0.2) is 66.2 Å². The van der Waals surface area contributed by atoms with E-state index in [1.165, 1.54) is 6.08 Å². The molecule has 0 radical (unpaired) electrons. The minimum atomic E-state index is -0.771. The molecule has 0 spiro atoms. The number of carbonyl (C=O) groups excluding carboxylic acids is 3. The van der Waals surface area contributed by atoms with Gasteiger partial charge in [-0.15, -0.1) is 0 Å². The first kappa shape index (κ1) is 23.3. The van der Waals surface area contributed by atoms with E-state index < -0.39 is 17.8 Å². The van der Waals surface area contributed by atoms with Crippen molar-refractivity contribution in [3.8, 4) is 5.75 Å². The Morgan fingerprint density at radius 2 is 1.74 bits per heavy atom. The Kier molecular flexibility index (Phi) is 6.52. The third-order valence-electron chi connectivity index (χ3n) is 5.91. The molecule has 1 aliphatic heterocycles. The molecule has 4 amide bonds. The number of amides is 4. The number of halogens is 1. The van der Waals surface area contributed by atoms with Crippen molar-refractivity contribution in [1.29, 1.82) is 0 Å². The summed E-state index contributed by atoms with van der Waals surface area (Å²) in [4.78, 5) is 39.7. The molecule has 1 N–H and O–H groups in total. The second-order valence-corrected chi connectivity index (χ2v) is 8.42. The number of methoxy groups -OCH3 is 1. The summed E-state index contributed by atoms with van der Waals surface area (Å²) in [7, 11) is 1.57. The number of hydrogen-bond donors (Lipinski definition) is 1. The zero-order chi connectivity index (χ0) is 24.4. The zero-order valence-corrected chi connectivity index (χ0v) is 19.8. The number of imide groups is 2. The molecule has 6 nitrogen and oxygen atoms in total. The van der Waals surface area contributed by atoms with Gasteiger partial charge in [-0.25, -0.2) is 9.69 Å². The number of hydrogen-bond acceptors (Lipinski definition) is 4. The third-order valence-corrected chi connectivity index (χ3v) is 6.28. The van der Waals surface area contributed by atoms with Gasteiger partial charge in [-0.1, -0.05) is 48.0 Å². The highest BCUT2D eigenvalue weighted by atomic mass is 35.5. The Balaban J connectivity index is 1.79. The molecule has 0 bridgehead atoms. The van der Waals surface area contributed by atoms with Gasteiger partial charge in [0.1, 0.15) is 11.3 Å². The van der Waals surface area contributed by atoms with Crippen molar-refractivity contribution in [2.75, 3.05) is 12.0 Å². The van der Waals surface area contributed by atoms with Crippen molar-refractivity contribution >= 4 is 41.2 Å². The van der Waals surface area contributed by atoms with E-state index in [2.05, 4.69) is 5.32 Å². The number of anilines is 1. The zero-order valence-electron chi connectivity index (χ0n) is 19.0.